The number of ether oxygens (including phenoxy) is 2. The van der Waals surface area contributed by atoms with Gasteiger partial charge in [-0.25, -0.2) is 9.18 Å². The average Bonchev–Trinajstić information content (AvgIpc) is 3.59. The van der Waals surface area contributed by atoms with Crippen molar-refractivity contribution < 1.29 is 18.7 Å². The number of anilines is 1. The zero-order valence-corrected chi connectivity index (χ0v) is 18.9. The highest BCUT2D eigenvalue weighted by molar-refractivity contribution is 5.91. The first-order chi connectivity index (χ1) is 14.7. The molecular formula is C26H32FNO3. The van der Waals surface area contributed by atoms with Crippen molar-refractivity contribution in [1.29, 1.82) is 0 Å². The number of hydrogen-bond donors (Lipinski definition) is 1. The van der Waals surface area contributed by atoms with Crippen LogP contribution in [0.5, 0.6) is 5.75 Å². The summed E-state index contributed by atoms with van der Waals surface area (Å²) in [6.07, 6.45) is 5.08. The van der Waals surface area contributed by atoms with Crippen molar-refractivity contribution >= 4 is 11.7 Å². The van der Waals surface area contributed by atoms with Crippen LogP contribution < -0.4 is 10.1 Å². The van der Waals surface area contributed by atoms with E-state index in [2.05, 4.69) is 23.5 Å². The summed E-state index contributed by atoms with van der Waals surface area (Å²) in [5.41, 5.74) is 3.78. The molecule has 2 fully saturated rings. The lowest BCUT2D eigenvalue weighted by Crippen LogP contribution is -2.24. The second-order valence-corrected chi connectivity index (χ2v) is 9.67. The number of carbonyl (C=O) groups is 1. The Balaban J connectivity index is 1.55. The molecule has 0 heterocycles. The van der Waals surface area contributed by atoms with E-state index < -0.39 is 17.4 Å². The molecule has 2 saturated carbocycles. The van der Waals surface area contributed by atoms with E-state index in [0.29, 0.717) is 36.4 Å². The minimum absolute atomic E-state index is 0.115. The third-order valence-corrected chi connectivity index (χ3v) is 5.61. The SMILES string of the molecule is CCOc1cc(C(=O)OC(C)(C)C)c(F)cc1NCc1cc(C2CC2)cc(C2CC2)c1. The first-order valence-electron chi connectivity index (χ1n) is 11.3. The molecule has 4 nitrogen and oxygen atoms in total. The molecule has 166 valence electrons. The Morgan fingerprint density at radius 3 is 2.16 bits per heavy atom. The summed E-state index contributed by atoms with van der Waals surface area (Å²) < 4.78 is 25.8. The van der Waals surface area contributed by atoms with Crippen molar-refractivity contribution in [2.45, 2.75) is 77.4 Å². The molecule has 0 spiro atoms. The third kappa shape index (κ3) is 5.57. The van der Waals surface area contributed by atoms with Crippen molar-refractivity contribution in [3.63, 3.8) is 0 Å². The molecule has 0 aliphatic heterocycles. The van der Waals surface area contributed by atoms with Gasteiger partial charge in [-0.3, -0.25) is 0 Å². The van der Waals surface area contributed by atoms with Gasteiger partial charge in [-0.2, -0.15) is 0 Å². The van der Waals surface area contributed by atoms with Crippen LogP contribution in [-0.4, -0.2) is 18.2 Å². The molecule has 0 saturated heterocycles. The van der Waals surface area contributed by atoms with Crippen LogP contribution in [0.2, 0.25) is 0 Å². The van der Waals surface area contributed by atoms with E-state index in [1.54, 1.807) is 20.8 Å². The molecule has 0 radical (unpaired) electrons. The van der Waals surface area contributed by atoms with Gasteiger partial charge in [0, 0.05) is 12.6 Å². The first-order valence-corrected chi connectivity index (χ1v) is 11.3. The van der Waals surface area contributed by atoms with Crippen LogP contribution >= 0.6 is 0 Å². The van der Waals surface area contributed by atoms with Crippen molar-refractivity contribution in [2.75, 3.05) is 11.9 Å². The number of halogens is 1. The largest absolute Gasteiger partial charge is 0.492 e. The second-order valence-electron chi connectivity index (χ2n) is 9.67. The molecule has 4 rings (SSSR count). The molecule has 2 aliphatic carbocycles. The molecule has 2 aliphatic rings. The van der Waals surface area contributed by atoms with Crippen LogP contribution in [0.4, 0.5) is 10.1 Å². The number of carbonyl (C=O) groups excluding carboxylic acids is 1. The first kappa shape index (κ1) is 21.7. The zero-order chi connectivity index (χ0) is 22.2. The number of esters is 1. The maximum atomic E-state index is 14.8. The molecule has 31 heavy (non-hydrogen) atoms. The summed E-state index contributed by atoms with van der Waals surface area (Å²) in [6, 6.07) is 9.67. The quantitative estimate of drug-likeness (QED) is 0.487. The maximum Gasteiger partial charge on any atom is 0.341 e. The smallest absolute Gasteiger partial charge is 0.341 e. The van der Waals surface area contributed by atoms with Crippen LogP contribution in [0.3, 0.4) is 0 Å². The molecule has 1 N–H and O–H groups in total. The van der Waals surface area contributed by atoms with Gasteiger partial charge in [-0.1, -0.05) is 18.2 Å². The van der Waals surface area contributed by atoms with E-state index in [1.165, 1.54) is 54.5 Å². The number of rotatable bonds is 8. The van der Waals surface area contributed by atoms with E-state index in [4.69, 9.17) is 9.47 Å². The van der Waals surface area contributed by atoms with Crippen LogP contribution in [-0.2, 0) is 11.3 Å². The Labute approximate surface area is 184 Å². The van der Waals surface area contributed by atoms with Gasteiger partial charge in [0.05, 0.1) is 17.9 Å². The summed E-state index contributed by atoms with van der Waals surface area (Å²) in [4.78, 5) is 12.4. The fourth-order valence-corrected chi connectivity index (χ4v) is 3.81. The lowest BCUT2D eigenvalue weighted by Gasteiger charge is -2.20. The van der Waals surface area contributed by atoms with Crippen LogP contribution in [0.1, 0.15) is 92.3 Å². The minimum atomic E-state index is -0.696. The average molecular weight is 426 g/mol. The molecule has 0 unspecified atom stereocenters. The molecule has 2 aromatic carbocycles. The molecular weight excluding hydrogens is 393 g/mol. The van der Waals surface area contributed by atoms with Gasteiger partial charge in [-0.05, 0) is 88.0 Å². The Kier molecular flexibility index (Phi) is 5.96. The Morgan fingerprint density at radius 1 is 1.03 bits per heavy atom. The number of nitrogens with one attached hydrogen (secondary N) is 1. The van der Waals surface area contributed by atoms with Gasteiger partial charge in [0.25, 0.3) is 0 Å². The predicted octanol–water partition coefficient (Wildman–Crippen LogP) is 6.55. The topological polar surface area (TPSA) is 47.6 Å². The predicted molar refractivity (Wildman–Crippen MR) is 120 cm³/mol. The summed E-state index contributed by atoms with van der Waals surface area (Å²) in [5.74, 6) is 0.531. The highest BCUT2D eigenvalue weighted by Gasteiger charge is 2.28. The fourth-order valence-electron chi connectivity index (χ4n) is 3.81. The normalized spacial score (nSPS) is 16.2. The van der Waals surface area contributed by atoms with Gasteiger partial charge in [0.2, 0.25) is 0 Å². The van der Waals surface area contributed by atoms with Gasteiger partial charge < -0.3 is 14.8 Å². The Hall–Kier alpha value is -2.56. The standard InChI is InChI=1S/C26H32FNO3/c1-5-30-24-13-21(25(29)31-26(2,3)4)22(27)14-23(24)28-15-16-10-19(17-6-7-17)12-20(11-16)18-8-9-18/h10-14,17-18,28H,5-9,15H2,1-4H3. The Morgan fingerprint density at radius 2 is 1.65 bits per heavy atom. The maximum absolute atomic E-state index is 14.8. The van der Waals surface area contributed by atoms with Crippen molar-refractivity contribution in [1.82, 2.24) is 0 Å². The van der Waals surface area contributed by atoms with Gasteiger partial charge in [0.15, 0.2) is 0 Å². The third-order valence-electron chi connectivity index (χ3n) is 5.61. The fraction of sp³-hybridized carbons (Fsp3) is 0.500. The summed E-state index contributed by atoms with van der Waals surface area (Å²) >= 11 is 0. The summed E-state index contributed by atoms with van der Waals surface area (Å²) in [5, 5.41) is 3.33. The monoisotopic (exact) mass is 425 g/mol. The van der Waals surface area contributed by atoms with E-state index in [-0.39, 0.29) is 5.56 Å². The van der Waals surface area contributed by atoms with Crippen molar-refractivity contribution in [3.05, 3.63) is 58.4 Å². The summed E-state index contributed by atoms with van der Waals surface area (Å²) in [7, 11) is 0. The lowest BCUT2D eigenvalue weighted by atomic mass is 10.00. The lowest BCUT2D eigenvalue weighted by molar-refractivity contribution is 0.00643. The van der Waals surface area contributed by atoms with E-state index in [9.17, 15) is 9.18 Å². The molecule has 5 heteroatoms. The van der Waals surface area contributed by atoms with Crippen LogP contribution in [0.15, 0.2) is 30.3 Å². The molecule has 0 aromatic heterocycles. The van der Waals surface area contributed by atoms with E-state index in [0.717, 1.165) is 0 Å². The molecule has 0 amide bonds. The van der Waals surface area contributed by atoms with Crippen molar-refractivity contribution in [3.8, 4) is 5.75 Å². The molecule has 2 aromatic rings. The van der Waals surface area contributed by atoms with Gasteiger partial charge in [0.1, 0.15) is 17.2 Å². The molecule has 0 atom stereocenters. The minimum Gasteiger partial charge on any atom is -0.492 e. The summed E-state index contributed by atoms with van der Waals surface area (Å²) in [6.45, 7) is 8.12. The zero-order valence-electron chi connectivity index (χ0n) is 18.9. The second kappa shape index (κ2) is 8.52. The van der Waals surface area contributed by atoms with E-state index in [1.807, 2.05) is 6.92 Å². The Bertz CT molecular complexity index is 941. The van der Waals surface area contributed by atoms with Crippen LogP contribution in [0.25, 0.3) is 0 Å². The van der Waals surface area contributed by atoms with Crippen molar-refractivity contribution in [2.24, 2.45) is 0 Å². The van der Waals surface area contributed by atoms with E-state index >= 15 is 0 Å². The van der Waals surface area contributed by atoms with Gasteiger partial charge in [-0.15, -0.1) is 0 Å². The highest BCUT2D eigenvalue weighted by atomic mass is 19.1. The molecule has 0 bridgehead atoms. The van der Waals surface area contributed by atoms with Crippen LogP contribution in [0, 0.1) is 5.82 Å². The number of hydrogen-bond acceptors (Lipinski definition) is 4. The number of benzene rings is 2. The highest BCUT2D eigenvalue weighted by Crippen LogP contribution is 2.45. The van der Waals surface area contributed by atoms with Gasteiger partial charge >= 0.3 is 5.97 Å².